The molecule has 15 nitrogen and oxygen atoms in total. The Kier molecular flexibility index (Phi) is 11.6. The molecule has 0 saturated heterocycles. The molecule has 2 aromatic carbocycles. The predicted octanol–water partition coefficient (Wildman–Crippen LogP) is 5.94. The fourth-order valence-electron chi connectivity index (χ4n) is 5.62. The number of nitrogens with zero attached hydrogens (tertiary/aromatic N) is 12. The lowest BCUT2D eigenvalue weighted by Crippen LogP contribution is -2.24. The van der Waals surface area contributed by atoms with E-state index in [1.807, 2.05) is 0 Å². The Morgan fingerprint density at radius 3 is 1.64 bits per heavy atom. The molecule has 0 fully saturated rings. The molecule has 0 saturated carbocycles. The Balaban J connectivity index is 0.000000184. The highest BCUT2D eigenvalue weighted by Crippen LogP contribution is 2.32. The third-order valence-electron chi connectivity index (χ3n) is 8.39. The van der Waals surface area contributed by atoms with Crippen molar-refractivity contribution in [1.82, 2.24) is 59.5 Å². The first-order valence-corrected chi connectivity index (χ1v) is 19.4. The SMILES string of the molecule is Cc1cc(F)c(-n2nnc3nn(-c4cccnc4)cc3c2=O)cc1S(=O)CC(F)(F)F.Cc1cc(F)c(-n2nnc3nn(-c4cccnc4)cc3c2=O)cc1SCC(F)(F)F. The van der Waals surface area contributed by atoms with E-state index in [-0.39, 0.29) is 43.1 Å². The monoisotopic (exact) mass is 888 g/mol. The summed E-state index contributed by atoms with van der Waals surface area (Å²) in [5, 5.41) is 23.4. The third kappa shape index (κ3) is 9.35. The molecule has 0 amide bonds. The van der Waals surface area contributed by atoms with Crippen LogP contribution in [0.1, 0.15) is 11.1 Å². The molecule has 0 bridgehead atoms. The van der Waals surface area contributed by atoms with Gasteiger partial charge in [0, 0.05) is 34.6 Å². The maximum atomic E-state index is 14.6. The van der Waals surface area contributed by atoms with Crippen molar-refractivity contribution in [3.8, 4) is 22.7 Å². The topological polar surface area (TPSA) is 174 Å². The summed E-state index contributed by atoms with van der Waals surface area (Å²) in [6.45, 7) is 2.81. The van der Waals surface area contributed by atoms with E-state index >= 15 is 0 Å². The van der Waals surface area contributed by atoms with E-state index in [0.717, 1.165) is 24.3 Å². The highest BCUT2D eigenvalue weighted by Gasteiger charge is 2.32. The van der Waals surface area contributed by atoms with E-state index in [4.69, 9.17) is 0 Å². The summed E-state index contributed by atoms with van der Waals surface area (Å²) in [6, 6.07) is 10.8. The van der Waals surface area contributed by atoms with Gasteiger partial charge in [-0.3, -0.25) is 23.8 Å². The minimum atomic E-state index is -4.68. The Morgan fingerprint density at radius 1 is 0.689 bits per heavy atom. The van der Waals surface area contributed by atoms with Gasteiger partial charge in [0.05, 0.1) is 40.3 Å². The number of thioether (sulfide) groups is 1. The van der Waals surface area contributed by atoms with Crippen molar-refractivity contribution in [3.63, 3.8) is 0 Å². The van der Waals surface area contributed by atoms with Crippen LogP contribution in [0.4, 0.5) is 35.1 Å². The van der Waals surface area contributed by atoms with E-state index in [1.54, 1.807) is 36.7 Å². The largest absolute Gasteiger partial charge is 0.400 e. The number of fused-ring (bicyclic) bond motifs is 2. The second-order valence-electron chi connectivity index (χ2n) is 12.8. The van der Waals surface area contributed by atoms with Crippen LogP contribution in [-0.4, -0.2) is 87.6 Å². The number of halogens is 8. The molecule has 8 aromatic rings. The van der Waals surface area contributed by atoms with Crippen LogP contribution in [0, 0.1) is 25.5 Å². The van der Waals surface area contributed by atoms with Crippen molar-refractivity contribution in [2.75, 3.05) is 11.5 Å². The van der Waals surface area contributed by atoms with Gasteiger partial charge in [0.2, 0.25) is 11.3 Å². The number of hydrogen-bond donors (Lipinski definition) is 0. The summed E-state index contributed by atoms with van der Waals surface area (Å²) < 4.78 is 121. The van der Waals surface area contributed by atoms with Crippen molar-refractivity contribution < 1.29 is 39.3 Å². The number of aromatic nitrogens is 12. The number of alkyl halides is 6. The van der Waals surface area contributed by atoms with Gasteiger partial charge in [-0.05, 0) is 73.5 Å². The quantitative estimate of drug-likeness (QED) is 0.130. The van der Waals surface area contributed by atoms with Gasteiger partial charge in [-0.1, -0.05) is 10.4 Å². The fourth-order valence-corrected chi connectivity index (χ4v) is 7.53. The van der Waals surface area contributed by atoms with Crippen LogP contribution in [0.25, 0.3) is 44.8 Å². The lowest BCUT2D eigenvalue weighted by atomic mass is 10.2. The van der Waals surface area contributed by atoms with Crippen LogP contribution in [-0.2, 0) is 10.8 Å². The van der Waals surface area contributed by atoms with Gasteiger partial charge < -0.3 is 0 Å². The fraction of sp³-hybridized carbons (Fsp3) is 0.167. The third-order valence-corrected chi connectivity index (χ3v) is 11.1. The smallest absolute Gasteiger partial charge is 0.266 e. The highest BCUT2D eigenvalue weighted by atomic mass is 32.2. The number of pyridine rings is 2. The molecule has 0 aliphatic rings. The van der Waals surface area contributed by atoms with Crippen molar-refractivity contribution in [1.29, 1.82) is 0 Å². The summed E-state index contributed by atoms with van der Waals surface area (Å²) in [4.78, 5) is 33.6. The average molecular weight is 889 g/mol. The van der Waals surface area contributed by atoms with Crippen LogP contribution < -0.4 is 11.1 Å². The first-order chi connectivity index (χ1) is 28.9. The normalized spacial score (nSPS) is 12.4. The standard InChI is InChI=1S/C18H12F4N6O2S.C18H12F4N6OS/c1-10-5-13(19)14(6-15(10)31(30)9-18(20,21)22)28-17(29)12-8-27(25-16(12)24-26-28)11-3-2-4-23-7-11;1-10-5-13(19)14(6-15(10)30-9-18(20,21)22)28-17(29)12-8-27(25-16(12)24-26-28)11-3-2-4-23-7-11/h2-8H,9H2,1H3;2-8H,9H2,1H3. The molecule has 8 rings (SSSR count). The molecule has 1 unspecified atom stereocenters. The number of benzene rings is 2. The molecular formula is C36H24F8N12O3S2. The maximum Gasteiger partial charge on any atom is 0.400 e. The zero-order chi connectivity index (χ0) is 43.8. The number of aryl methyl sites for hydroxylation is 2. The zero-order valence-electron chi connectivity index (χ0n) is 30.9. The summed E-state index contributed by atoms with van der Waals surface area (Å²) in [6.07, 6.45) is -0.139. The summed E-state index contributed by atoms with van der Waals surface area (Å²) in [5.74, 6) is -4.48. The van der Waals surface area contributed by atoms with Gasteiger partial charge in [-0.15, -0.1) is 32.2 Å². The van der Waals surface area contributed by atoms with Crippen molar-refractivity contribution in [2.45, 2.75) is 36.0 Å². The molecule has 0 radical (unpaired) electrons. The average Bonchev–Trinajstić information content (AvgIpc) is 3.85. The molecule has 0 N–H and O–H groups in total. The molecule has 314 valence electrons. The lowest BCUT2D eigenvalue weighted by Gasteiger charge is -2.12. The van der Waals surface area contributed by atoms with E-state index in [9.17, 15) is 48.9 Å². The first-order valence-electron chi connectivity index (χ1n) is 17.1. The molecule has 0 spiro atoms. The second-order valence-corrected chi connectivity index (χ2v) is 15.2. The van der Waals surface area contributed by atoms with Crippen LogP contribution in [0.15, 0.2) is 105 Å². The molecule has 1 atom stereocenters. The molecule has 0 aliphatic heterocycles. The molecule has 6 heterocycles. The van der Waals surface area contributed by atoms with E-state index in [1.165, 1.54) is 48.0 Å². The van der Waals surface area contributed by atoms with Crippen molar-refractivity contribution in [3.05, 3.63) is 129 Å². The molecule has 61 heavy (non-hydrogen) atoms. The zero-order valence-corrected chi connectivity index (χ0v) is 32.6. The van der Waals surface area contributed by atoms with Gasteiger partial charge in [-0.2, -0.15) is 35.7 Å². The van der Waals surface area contributed by atoms with Gasteiger partial charge >= 0.3 is 12.4 Å². The summed E-state index contributed by atoms with van der Waals surface area (Å²) in [7, 11) is -2.49. The second kappa shape index (κ2) is 16.7. The lowest BCUT2D eigenvalue weighted by molar-refractivity contribution is -0.106. The highest BCUT2D eigenvalue weighted by molar-refractivity contribution is 7.99. The van der Waals surface area contributed by atoms with Gasteiger partial charge in [0.25, 0.3) is 11.1 Å². The maximum absolute atomic E-state index is 14.6. The van der Waals surface area contributed by atoms with Gasteiger partial charge in [-0.25, -0.2) is 18.1 Å². The van der Waals surface area contributed by atoms with E-state index in [2.05, 4.69) is 40.8 Å². The minimum absolute atomic E-state index is 0.00297. The van der Waals surface area contributed by atoms with E-state index < -0.39 is 63.1 Å². The summed E-state index contributed by atoms with van der Waals surface area (Å²) in [5.41, 5.74) is -0.750. The Bertz CT molecular complexity index is 3070. The van der Waals surface area contributed by atoms with Crippen molar-refractivity contribution >= 4 is 44.6 Å². The number of rotatable bonds is 8. The van der Waals surface area contributed by atoms with Gasteiger partial charge in [0.15, 0.2) is 0 Å². The van der Waals surface area contributed by atoms with Crippen LogP contribution in [0.3, 0.4) is 0 Å². The molecule has 0 aliphatic carbocycles. The summed E-state index contributed by atoms with van der Waals surface area (Å²) >= 11 is 0.504. The van der Waals surface area contributed by atoms with Crippen LogP contribution >= 0.6 is 11.8 Å². The Hall–Kier alpha value is -6.76. The van der Waals surface area contributed by atoms with Gasteiger partial charge in [0.1, 0.15) is 39.5 Å². The Labute approximate surface area is 342 Å². The Morgan fingerprint density at radius 2 is 1.18 bits per heavy atom. The number of hydrogen-bond acceptors (Lipinski definition) is 12. The van der Waals surface area contributed by atoms with E-state index in [0.29, 0.717) is 38.1 Å². The predicted molar refractivity (Wildman–Crippen MR) is 204 cm³/mol. The van der Waals surface area contributed by atoms with Crippen LogP contribution in [0.5, 0.6) is 0 Å². The molecule has 6 aromatic heterocycles. The first kappa shape index (κ1) is 42.4. The molecular weight excluding hydrogens is 865 g/mol. The minimum Gasteiger partial charge on any atom is -0.266 e. The van der Waals surface area contributed by atoms with Crippen molar-refractivity contribution in [2.24, 2.45) is 0 Å². The van der Waals surface area contributed by atoms with Crippen LogP contribution in [0.2, 0.25) is 0 Å². The molecule has 25 heteroatoms.